The Morgan fingerprint density at radius 3 is 2.15 bits per heavy atom. The Morgan fingerprint density at radius 2 is 1.54 bits per heavy atom. The number of aromatic nitrogens is 1. The average molecular weight is 672 g/mol. The van der Waals surface area contributed by atoms with Crippen molar-refractivity contribution in [2.24, 2.45) is 0 Å². The van der Waals surface area contributed by atoms with Crippen LogP contribution in [0.25, 0.3) is 10.9 Å². The fraction of sp³-hybridized carbons (Fsp3) is 0.250. The van der Waals surface area contributed by atoms with Crippen molar-refractivity contribution in [2.45, 2.75) is 44.6 Å². The average Bonchev–Trinajstić information content (AvgIpc) is 3.42. The van der Waals surface area contributed by atoms with Gasteiger partial charge in [0.2, 0.25) is 0 Å². The highest BCUT2D eigenvalue weighted by Gasteiger charge is 2.34. The molecule has 1 aromatic heterocycles. The van der Waals surface area contributed by atoms with Crippen LogP contribution in [0.4, 0.5) is 13.2 Å². The molecule has 242 valence electrons. The first-order valence-corrected chi connectivity index (χ1v) is 15.1. The summed E-state index contributed by atoms with van der Waals surface area (Å²) in [5.41, 5.74) is 2.53. The number of hydrogen-bond acceptors (Lipinski definition) is 3. The zero-order chi connectivity index (χ0) is 32.0. The van der Waals surface area contributed by atoms with Gasteiger partial charge in [0.1, 0.15) is 12.3 Å². The number of carbonyl (C=O) groups is 1. The smallest absolute Gasteiger partial charge is 0.417 e. The van der Waals surface area contributed by atoms with Gasteiger partial charge in [-0.1, -0.05) is 90.5 Å². The van der Waals surface area contributed by atoms with Crippen molar-refractivity contribution in [3.05, 3.63) is 137 Å². The number of hydrogen-bond donors (Lipinski definition) is 1. The highest BCUT2D eigenvalue weighted by molar-refractivity contribution is 6.32. The largest absolute Gasteiger partial charge is 0.490 e. The van der Waals surface area contributed by atoms with E-state index in [1.165, 1.54) is 6.07 Å². The summed E-state index contributed by atoms with van der Waals surface area (Å²) in [4.78, 5) is 13.4. The molecule has 10 heteroatoms. The Labute approximate surface area is 277 Å². The molecule has 0 aliphatic rings. The topological polar surface area (TPSA) is 54.7 Å². The van der Waals surface area contributed by atoms with E-state index in [1.807, 2.05) is 67.6 Å². The monoisotopic (exact) mass is 670 g/mol. The fourth-order valence-electron chi connectivity index (χ4n) is 5.65. The van der Waals surface area contributed by atoms with Crippen LogP contribution < -0.4 is 4.74 Å². The Hall–Kier alpha value is -3.98. The summed E-state index contributed by atoms with van der Waals surface area (Å²) in [5, 5.41) is 9.77. The third kappa shape index (κ3) is 8.63. The second-order valence-corrected chi connectivity index (χ2v) is 11.5. The van der Waals surface area contributed by atoms with Gasteiger partial charge in [0.15, 0.2) is 0 Å². The third-order valence-corrected chi connectivity index (χ3v) is 8.33. The molecule has 0 radical (unpaired) electrons. The second kappa shape index (κ2) is 15.5. The fourth-order valence-corrected chi connectivity index (χ4v) is 5.94. The molecule has 5 rings (SSSR count). The molecule has 4 aromatic carbocycles. The van der Waals surface area contributed by atoms with Gasteiger partial charge >= 0.3 is 12.1 Å². The van der Waals surface area contributed by atoms with E-state index >= 15 is 0 Å². The molecule has 0 fully saturated rings. The quantitative estimate of drug-likeness (QED) is 0.136. The molecule has 1 atom stereocenters. The van der Waals surface area contributed by atoms with Crippen LogP contribution >= 0.6 is 24.0 Å². The molecule has 0 aliphatic heterocycles. The first-order chi connectivity index (χ1) is 21.6. The Balaban J connectivity index is 0.00000480. The lowest BCUT2D eigenvalue weighted by molar-refractivity contribution is -0.138. The maximum Gasteiger partial charge on any atom is 0.417 e. The molecular weight excluding hydrogens is 636 g/mol. The van der Waals surface area contributed by atoms with Crippen molar-refractivity contribution in [3.8, 4) is 5.75 Å². The van der Waals surface area contributed by atoms with E-state index in [-0.39, 0.29) is 42.5 Å². The van der Waals surface area contributed by atoms with Crippen LogP contribution in [-0.4, -0.2) is 39.7 Å². The van der Waals surface area contributed by atoms with Crippen LogP contribution in [0.5, 0.6) is 5.75 Å². The number of alkyl halides is 3. The van der Waals surface area contributed by atoms with Crippen LogP contribution in [0.3, 0.4) is 0 Å². The zero-order valence-corrected chi connectivity index (χ0v) is 26.7. The molecule has 46 heavy (non-hydrogen) atoms. The number of aliphatic carboxylic acids is 1. The van der Waals surface area contributed by atoms with Crippen LogP contribution in [0.2, 0.25) is 5.02 Å². The van der Waals surface area contributed by atoms with Gasteiger partial charge in [-0.3, -0.25) is 9.69 Å². The molecule has 0 aliphatic carbocycles. The first-order valence-electron chi connectivity index (χ1n) is 14.7. The van der Waals surface area contributed by atoms with E-state index in [1.54, 1.807) is 16.8 Å². The van der Waals surface area contributed by atoms with E-state index in [9.17, 15) is 23.1 Å². The van der Waals surface area contributed by atoms with Gasteiger partial charge < -0.3 is 14.4 Å². The third-order valence-electron chi connectivity index (χ3n) is 7.88. The van der Waals surface area contributed by atoms with Gasteiger partial charge in [-0.25, -0.2) is 0 Å². The Morgan fingerprint density at radius 1 is 0.913 bits per heavy atom. The molecule has 0 saturated heterocycles. The summed E-state index contributed by atoms with van der Waals surface area (Å²) >= 11 is 6.36. The van der Waals surface area contributed by atoms with Gasteiger partial charge in [-0.2, -0.15) is 13.2 Å². The second-order valence-electron chi connectivity index (χ2n) is 11.1. The number of carboxylic acids is 1. The van der Waals surface area contributed by atoms with Crippen LogP contribution in [0.15, 0.2) is 109 Å². The molecule has 1 heterocycles. The number of benzene rings is 4. The summed E-state index contributed by atoms with van der Waals surface area (Å²) in [7, 11) is 0. The lowest BCUT2D eigenvalue weighted by Gasteiger charge is -2.30. The van der Waals surface area contributed by atoms with Gasteiger partial charge in [0, 0.05) is 37.1 Å². The molecule has 0 amide bonds. The maximum atomic E-state index is 13.7. The molecule has 1 N–H and O–H groups in total. The Bertz CT molecular complexity index is 1690. The summed E-state index contributed by atoms with van der Waals surface area (Å²) < 4.78 is 49.1. The van der Waals surface area contributed by atoms with Crippen molar-refractivity contribution < 1.29 is 27.8 Å². The highest BCUT2D eigenvalue weighted by atomic mass is 35.5. The van der Waals surface area contributed by atoms with Gasteiger partial charge in [-0.05, 0) is 54.3 Å². The first kappa shape index (κ1) is 34.9. The van der Waals surface area contributed by atoms with Crippen LogP contribution in [-0.2, 0) is 24.1 Å². The minimum Gasteiger partial charge on any atom is -0.490 e. The number of carboxylic acid groups (broad SMARTS) is 1. The summed E-state index contributed by atoms with van der Waals surface area (Å²) in [6, 6.07) is 31.5. The lowest BCUT2D eigenvalue weighted by Crippen LogP contribution is -2.32. The number of ether oxygens (including phenoxy) is 1. The minimum atomic E-state index is -4.55. The van der Waals surface area contributed by atoms with Crippen molar-refractivity contribution >= 4 is 40.9 Å². The Kier molecular flexibility index (Phi) is 11.8. The molecule has 5 nitrogen and oxygen atoms in total. The highest BCUT2D eigenvalue weighted by Crippen LogP contribution is 2.37. The summed E-state index contributed by atoms with van der Waals surface area (Å²) in [6.45, 7) is 3.09. The molecular formula is C36H35Cl2F3N2O3. The number of halogens is 5. The maximum absolute atomic E-state index is 13.7. The molecule has 0 spiro atoms. The van der Waals surface area contributed by atoms with E-state index in [4.69, 9.17) is 16.3 Å². The minimum absolute atomic E-state index is 0. The standard InChI is InChI=1S/C36H34ClF3N2O3.ClH/c1-25(45-33-17-9-16-32-29(33)19-21-42(32)24-34(43)44)18-20-41(22-28-14-8-15-31(35(28)37)36(38,39)40)23-30(26-10-4-2-5-11-26)27-12-6-3-7-13-27;/h2-17,19,21,25,30H,18,20,22-24H2,1H3,(H,43,44);1H. The predicted molar refractivity (Wildman–Crippen MR) is 178 cm³/mol. The van der Waals surface area contributed by atoms with Crippen LogP contribution in [0, 0.1) is 0 Å². The van der Waals surface area contributed by atoms with E-state index < -0.39 is 17.7 Å². The van der Waals surface area contributed by atoms with E-state index in [0.717, 1.165) is 28.1 Å². The van der Waals surface area contributed by atoms with Crippen molar-refractivity contribution in [3.63, 3.8) is 0 Å². The van der Waals surface area contributed by atoms with E-state index in [2.05, 4.69) is 29.2 Å². The van der Waals surface area contributed by atoms with Crippen molar-refractivity contribution in [2.75, 3.05) is 13.1 Å². The van der Waals surface area contributed by atoms with Gasteiger partial charge in [0.25, 0.3) is 0 Å². The number of rotatable bonds is 13. The lowest BCUT2D eigenvalue weighted by atomic mass is 9.90. The molecule has 0 bridgehead atoms. The van der Waals surface area contributed by atoms with E-state index in [0.29, 0.717) is 30.8 Å². The number of fused-ring (bicyclic) bond motifs is 1. The normalized spacial score (nSPS) is 12.3. The summed E-state index contributed by atoms with van der Waals surface area (Å²) in [5.74, 6) is -0.323. The number of nitrogens with zero attached hydrogens (tertiary/aromatic N) is 2. The predicted octanol–water partition coefficient (Wildman–Crippen LogP) is 9.31. The molecule has 0 saturated carbocycles. The molecule has 5 aromatic rings. The van der Waals surface area contributed by atoms with Crippen molar-refractivity contribution in [1.29, 1.82) is 0 Å². The van der Waals surface area contributed by atoms with Gasteiger partial charge in [0.05, 0.1) is 22.2 Å². The van der Waals surface area contributed by atoms with Gasteiger partial charge in [-0.15, -0.1) is 12.4 Å². The molecule has 1 unspecified atom stereocenters. The zero-order valence-electron chi connectivity index (χ0n) is 25.2. The summed E-state index contributed by atoms with van der Waals surface area (Å²) in [6.07, 6.45) is -2.49. The van der Waals surface area contributed by atoms with Crippen LogP contribution in [0.1, 0.15) is 41.5 Å². The van der Waals surface area contributed by atoms with Crippen molar-refractivity contribution in [1.82, 2.24) is 9.47 Å². The SMILES string of the molecule is CC(CCN(Cc1cccc(C(F)(F)F)c1Cl)CC(c1ccccc1)c1ccccc1)Oc1cccc2c1ccn2CC(=O)O.Cl.